The summed E-state index contributed by atoms with van der Waals surface area (Å²) in [6.07, 6.45) is 0. The van der Waals surface area contributed by atoms with Crippen LogP contribution >= 0.6 is 0 Å². The third-order valence-corrected chi connectivity index (χ3v) is 3.77. The lowest BCUT2D eigenvalue weighted by Gasteiger charge is -2.32. The van der Waals surface area contributed by atoms with Crippen LogP contribution in [0.2, 0.25) is 0 Å². The quantitative estimate of drug-likeness (QED) is 0.496. The average Bonchev–Trinajstić information content (AvgIpc) is 2.47. The van der Waals surface area contributed by atoms with Gasteiger partial charge in [-0.1, -0.05) is 12.1 Å². The van der Waals surface area contributed by atoms with E-state index in [1.165, 1.54) is 0 Å². The molecule has 4 nitrogen and oxygen atoms in total. The second-order valence-electron chi connectivity index (χ2n) is 5.72. The van der Waals surface area contributed by atoms with Gasteiger partial charge in [0.15, 0.2) is 5.75 Å². The van der Waals surface area contributed by atoms with Gasteiger partial charge in [-0.3, -0.25) is 0 Å². The van der Waals surface area contributed by atoms with Crippen LogP contribution in [0.15, 0.2) is 18.2 Å². The van der Waals surface area contributed by atoms with Crippen molar-refractivity contribution in [3.05, 3.63) is 23.8 Å². The van der Waals surface area contributed by atoms with Gasteiger partial charge in [0, 0.05) is 5.46 Å². The number of rotatable bonds is 2. The summed E-state index contributed by atoms with van der Waals surface area (Å²) in [5.74, 6) is 0.369. The van der Waals surface area contributed by atoms with E-state index in [1.807, 2.05) is 46.8 Å². The van der Waals surface area contributed by atoms with Crippen molar-refractivity contribution in [1.29, 1.82) is 0 Å². The molecule has 0 unspecified atom stereocenters. The minimum absolute atomic E-state index is 0.369. The van der Waals surface area contributed by atoms with E-state index in [-0.39, 0.29) is 0 Å². The smallest absolute Gasteiger partial charge is 0.399 e. The molecule has 1 fully saturated rings. The molecule has 98 valence electrons. The molecule has 1 aliphatic heterocycles. The van der Waals surface area contributed by atoms with Crippen molar-refractivity contribution in [3.8, 4) is 5.75 Å². The Kier molecular flexibility index (Phi) is 3.17. The highest BCUT2D eigenvalue weighted by Crippen LogP contribution is 2.37. The second-order valence-corrected chi connectivity index (χ2v) is 5.72. The molecule has 2 rings (SSSR count). The first kappa shape index (κ1) is 13.4. The summed E-state index contributed by atoms with van der Waals surface area (Å²) in [5, 5.41) is 8.95. The fraction of sp³-hybridized carbons (Fsp3) is 0.538. The molecule has 1 aliphatic rings. The molecular formula is C13H19BO4. The zero-order valence-corrected chi connectivity index (χ0v) is 11.5. The van der Waals surface area contributed by atoms with Gasteiger partial charge in [0.05, 0.1) is 11.2 Å². The van der Waals surface area contributed by atoms with E-state index >= 15 is 0 Å². The molecule has 0 radical (unpaired) electrons. The molecule has 0 spiro atoms. The molecule has 0 bridgehead atoms. The number of hydrogen-bond acceptors (Lipinski definition) is 4. The molecule has 18 heavy (non-hydrogen) atoms. The van der Waals surface area contributed by atoms with Crippen LogP contribution in [-0.2, 0) is 9.31 Å². The summed E-state index contributed by atoms with van der Waals surface area (Å²) < 4.78 is 11.8. The van der Waals surface area contributed by atoms with Crippen LogP contribution in [0.25, 0.3) is 0 Å². The molecule has 0 atom stereocenters. The Morgan fingerprint density at radius 1 is 1.11 bits per heavy atom. The third kappa shape index (κ3) is 2.14. The van der Waals surface area contributed by atoms with Gasteiger partial charge in [-0.2, -0.15) is 0 Å². The van der Waals surface area contributed by atoms with E-state index in [0.717, 1.165) is 5.56 Å². The molecule has 1 aromatic rings. The van der Waals surface area contributed by atoms with Crippen molar-refractivity contribution < 1.29 is 19.5 Å². The minimum Gasteiger partial charge on any atom is -0.399 e. The number of hydrogen-bond donors (Lipinski definition) is 1. The number of benzene rings is 1. The topological polar surface area (TPSA) is 47.9 Å². The summed E-state index contributed by atoms with van der Waals surface area (Å²) in [5.41, 5.74) is 0.881. The Hall–Kier alpha value is -1.04. The van der Waals surface area contributed by atoms with Gasteiger partial charge >= 0.3 is 7.12 Å². The highest BCUT2D eigenvalue weighted by molar-refractivity contribution is 6.63. The summed E-state index contributed by atoms with van der Waals surface area (Å²) in [6, 6.07) is 5.53. The van der Waals surface area contributed by atoms with E-state index in [1.54, 1.807) is 6.07 Å². The first-order valence-electron chi connectivity index (χ1n) is 6.04. The predicted molar refractivity (Wildman–Crippen MR) is 70.2 cm³/mol. The summed E-state index contributed by atoms with van der Waals surface area (Å²) in [4.78, 5) is 4.41. The molecule has 0 aromatic heterocycles. The van der Waals surface area contributed by atoms with Gasteiger partial charge in [-0.05, 0) is 46.2 Å². The normalized spacial score (nSPS) is 21.1. The third-order valence-electron chi connectivity index (χ3n) is 3.77. The Labute approximate surface area is 108 Å². The van der Waals surface area contributed by atoms with Crippen molar-refractivity contribution >= 4 is 12.6 Å². The molecule has 5 heteroatoms. The van der Waals surface area contributed by atoms with Crippen LogP contribution in [0, 0.1) is 6.92 Å². The van der Waals surface area contributed by atoms with Crippen molar-refractivity contribution in [2.24, 2.45) is 0 Å². The van der Waals surface area contributed by atoms with Gasteiger partial charge in [-0.15, -0.1) is 0 Å². The molecule has 1 saturated heterocycles. The van der Waals surface area contributed by atoms with Gasteiger partial charge < -0.3 is 14.2 Å². The Morgan fingerprint density at radius 2 is 1.67 bits per heavy atom. The molecule has 1 N–H and O–H groups in total. The van der Waals surface area contributed by atoms with Gasteiger partial charge in [0.25, 0.3) is 0 Å². The van der Waals surface area contributed by atoms with E-state index < -0.39 is 18.3 Å². The Bertz CT molecular complexity index is 440. The molecular weight excluding hydrogens is 231 g/mol. The van der Waals surface area contributed by atoms with Crippen LogP contribution in [0.1, 0.15) is 33.3 Å². The standard InChI is InChI=1S/C13H19BO4/c1-9-6-7-10(11(8-9)16-15)14-17-12(2,3)13(4,5)18-14/h6-8,15H,1-5H3. The van der Waals surface area contributed by atoms with Crippen molar-refractivity contribution in [2.75, 3.05) is 0 Å². The highest BCUT2D eigenvalue weighted by atomic mass is 17.1. The second kappa shape index (κ2) is 4.26. The maximum Gasteiger partial charge on any atom is 0.498 e. The molecule has 0 amide bonds. The van der Waals surface area contributed by atoms with Gasteiger partial charge in [0.1, 0.15) is 0 Å². The average molecular weight is 250 g/mol. The highest BCUT2D eigenvalue weighted by Gasteiger charge is 2.52. The van der Waals surface area contributed by atoms with Crippen molar-refractivity contribution in [2.45, 2.75) is 45.8 Å². The first-order chi connectivity index (χ1) is 8.27. The van der Waals surface area contributed by atoms with Crippen LogP contribution in [0.3, 0.4) is 0 Å². The lowest BCUT2D eigenvalue weighted by atomic mass is 9.78. The zero-order valence-electron chi connectivity index (χ0n) is 11.5. The summed E-state index contributed by atoms with van der Waals surface area (Å²) in [7, 11) is -0.530. The Morgan fingerprint density at radius 3 is 2.17 bits per heavy atom. The molecule has 0 aliphatic carbocycles. The maximum absolute atomic E-state index is 8.95. The molecule has 1 heterocycles. The lowest BCUT2D eigenvalue weighted by molar-refractivity contribution is -0.136. The first-order valence-corrected chi connectivity index (χ1v) is 6.04. The SMILES string of the molecule is Cc1ccc(B2OC(C)(C)C(C)(C)O2)c(OO)c1. The predicted octanol–water partition coefficient (Wildman–Crippen LogP) is 2.15. The summed E-state index contributed by atoms with van der Waals surface area (Å²) >= 11 is 0. The fourth-order valence-corrected chi connectivity index (χ4v) is 1.89. The minimum atomic E-state index is -0.530. The van der Waals surface area contributed by atoms with Gasteiger partial charge in [-0.25, -0.2) is 5.26 Å². The molecule has 0 saturated carbocycles. The fourth-order valence-electron chi connectivity index (χ4n) is 1.89. The number of aryl methyl sites for hydroxylation is 1. The van der Waals surface area contributed by atoms with Crippen molar-refractivity contribution in [1.82, 2.24) is 0 Å². The zero-order chi connectivity index (χ0) is 13.6. The van der Waals surface area contributed by atoms with Gasteiger partial charge in [0.2, 0.25) is 0 Å². The molecule has 1 aromatic carbocycles. The van der Waals surface area contributed by atoms with Crippen LogP contribution in [-0.4, -0.2) is 23.6 Å². The monoisotopic (exact) mass is 250 g/mol. The van der Waals surface area contributed by atoms with E-state index in [9.17, 15) is 0 Å². The lowest BCUT2D eigenvalue weighted by Crippen LogP contribution is -2.41. The van der Waals surface area contributed by atoms with E-state index in [2.05, 4.69) is 4.89 Å². The Balaban J connectivity index is 2.35. The van der Waals surface area contributed by atoms with Crippen molar-refractivity contribution in [3.63, 3.8) is 0 Å². The van der Waals surface area contributed by atoms with Crippen LogP contribution in [0.5, 0.6) is 5.75 Å². The van der Waals surface area contributed by atoms with Crippen LogP contribution in [0.4, 0.5) is 0 Å². The van der Waals surface area contributed by atoms with E-state index in [0.29, 0.717) is 11.2 Å². The maximum atomic E-state index is 8.95. The summed E-state index contributed by atoms with van der Waals surface area (Å²) in [6.45, 7) is 9.87. The van der Waals surface area contributed by atoms with Crippen LogP contribution < -0.4 is 10.4 Å². The van der Waals surface area contributed by atoms with E-state index in [4.69, 9.17) is 14.6 Å². The largest absolute Gasteiger partial charge is 0.498 e.